The van der Waals surface area contributed by atoms with E-state index in [9.17, 15) is 10.1 Å². The first-order valence-electron chi connectivity index (χ1n) is 4.19. The highest BCUT2D eigenvalue weighted by molar-refractivity contribution is 5.72. The zero-order valence-corrected chi connectivity index (χ0v) is 7.52. The Balaban J connectivity index is 2.59. The summed E-state index contributed by atoms with van der Waals surface area (Å²) in [5, 5.41) is 10.5. The molecule has 2 aromatic heterocycles. The van der Waals surface area contributed by atoms with Gasteiger partial charge in [-0.2, -0.15) is 0 Å². The summed E-state index contributed by atoms with van der Waals surface area (Å²) in [5.74, 6) is 0.785. The molecule has 0 aliphatic carbocycles. The monoisotopic (exact) mass is 192 g/mol. The third kappa shape index (κ3) is 1.30. The second kappa shape index (κ2) is 3.06. The Morgan fingerprint density at radius 2 is 2.43 bits per heavy atom. The van der Waals surface area contributed by atoms with E-state index in [1.807, 2.05) is 6.92 Å². The van der Waals surface area contributed by atoms with Crippen LogP contribution in [0.4, 0.5) is 5.69 Å². The van der Waals surface area contributed by atoms with Gasteiger partial charge in [0, 0.05) is 12.5 Å². The van der Waals surface area contributed by atoms with Crippen LogP contribution in [0, 0.1) is 10.1 Å². The molecule has 0 aliphatic rings. The van der Waals surface area contributed by atoms with Crippen LogP contribution in [0.5, 0.6) is 0 Å². The first-order valence-corrected chi connectivity index (χ1v) is 4.19. The number of aromatic nitrogens is 3. The van der Waals surface area contributed by atoms with E-state index in [1.54, 1.807) is 0 Å². The number of hydrogen-bond acceptors (Lipinski definition) is 4. The topological polar surface area (TPSA) is 84.7 Å². The molecule has 72 valence electrons. The summed E-state index contributed by atoms with van der Waals surface area (Å²) in [5.41, 5.74) is 1.10. The average Bonchev–Trinajstić information content (AvgIpc) is 2.58. The highest BCUT2D eigenvalue weighted by Gasteiger charge is 2.09. The van der Waals surface area contributed by atoms with Crippen molar-refractivity contribution in [1.29, 1.82) is 0 Å². The molecule has 14 heavy (non-hydrogen) atoms. The van der Waals surface area contributed by atoms with E-state index in [-0.39, 0.29) is 5.69 Å². The minimum absolute atomic E-state index is 0.0243. The summed E-state index contributed by atoms with van der Waals surface area (Å²) in [6.45, 7) is 1.95. The standard InChI is InChI=1S/C8H8N4O2/c1-2-7-10-6-3-5(12(13)14)4-9-8(6)11-7/h3-4H,2H2,1H3,(H,9,10,11). The molecule has 0 aliphatic heterocycles. The van der Waals surface area contributed by atoms with Gasteiger partial charge < -0.3 is 4.98 Å². The molecule has 0 amide bonds. The van der Waals surface area contributed by atoms with Crippen molar-refractivity contribution >= 4 is 16.9 Å². The van der Waals surface area contributed by atoms with Gasteiger partial charge >= 0.3 is 0 Å². The average molecular weight is 192 g/mol. The number of aryl methyl sites for hydroxylation is 1. The molecule has 2 heterocycles. The van der Waals surface area contributed by atoms with E-state index >= 15 is 0 Å². The van der Waals surface area contributed by atoms with Crippen LogP contribution in [0.3, 0.4) is 0 Å². The third-order valence-corrected chi connectivity index (χ3v) is 1.92. The van der Waals surface area contributed by atoms with E-state index in [2.05, 4.69) is 15.0 Å². The normalized spacial score (nSPS) is 10.6. The Kier molecular flexibility index (Phi) is 1.88. The maximum atomic E-state index is 10.5. The molecule has 6 nitrogen and oxygen atoms in total. The van der Waals surface area contributed by atoms with Gasteiger partial charge in [0.25, 0.3) is 5.69 Å². The molecule has 0 spiro atoms. The fraction of sp³-hybridized carbons (Fsp3) is 0.250. The van der Waals surface area contributed by atoms with Crippen molar-refractivity contribution in [3.8, 4) is 0 Å². The van der Waals surface area contributed by atoms with Gasteiger partial charge in [-0.25, -0.2) is 9.97 Å². The van der Waals surface area contributed by atoms with Gasteiger partial charge in [-0.05, 0) is 0 Å². The quantitative estimate of drug-likeness (QED) is 0.576. The van der Waals surface area contributed by atoms with E-state index in [0.717, 1.165) is 12.2 Å². The van der Waals surface area contributed by atoms with Crippen molar-refractivity contribution in [1.82, 2.24) is 15.0 Å². The van der Waals surface area contributed by atoms with Crippen molar-refractivity contribution in [2.75, 3.05) is 0 Å². The molecule has 0 saturated carbocycles. The number of nitrogens with one attached hydrogen (secondary N) is 1. The number of nitrogens with zero attached hydrogens (tertiary/aromatic N) is 3. The molecule has 0 unspecified atom stereocenters. The van der Waals surface area contributed by atoms with Gasteiger partial charge in [-0.15, -0.1) is 0 Å². The fourth-order valence-electron chi connectivity index (χ4n) is 1.21. The third-order valence-electron chi connectivity index (χ3n) is 1.92. The zero-order chi connectivity index (χ0) is 10.1. The van der Waals surface area contributed by atoms with Crippen LogP contribution in [0.2, 0.25) is 0 Å². The number of aromatic amines is 1. The molecule has 0 radical (unpaired) electrons. The number of hydrogen-bond donors (Lipinski definition) is 1. The molecule has 0 aromatic carbocycles. The zero-order valence-electron chi connectivity index (χ0n) is 7.52. The molecular formula is C8H8N4O2. The summed E-state index contributed by atoms with van der Waals surface area (Å²) >= 11 is 0. The minimum atomic E-state index is -0.473. The van der Waals surface area contributed by atoms with Crippen molar-refractivity contribution in [3.63, 3.8) is 0 Å². The molecule has 1 N–H and O–H groups in total. The lowest BCUT2D eigenvalue weighted by Crippen LogP contribution is -1.88. The minimum Gasteiger partial charge on any atom is -0.340 e. The molecular weight excluding hydrogens is 184 g/mol. The lowest BCUT2D eigenvalue weighted by molar-refractivity contribution is -0.385. The number of pyridine rings is 1. The SMILES string of the molecule is CCc1nc2ncc([N+](=O)[O-])cc2[nH]1. The van der Waals surface area contributed by atoms with Crippen molar-refractivity contribution < 1.29 is 4.92 Å². The van der Waals surface area contributed by atoms with Crippen molar-refractivity contribution in [3.05, 3.63) is 28.2 Å². The first-order chi connectivity index (χ1) is 6.70. The fourth-order valence-corrected chi connectivity index (χ4v) is 1.21. The Morgan fingerprint density at radius 1 is 1.64 bits per heavy atom. The highest BCUT2D eigenvalue weighted by atomic mass is 16.6. The van der Waals surface area contributed by atoms with Gasteiger partial charge in [-0.3, -0.25) is 10.1 Å². The Morgan fingerprint density at radius 3 is 3.07 bits per heavy atom. The molecule has 0 bridgehead atoms. The lowest BCUT2D eigenvalue weighted by Gasteiger charge is -1.88. The van der Waals surface area contributed by atoms with Gasteiger partial charge in [0.05, 0.1) is 10.4 Å². The van der Waals surface area contributed by atoms with Crippen LogP contribution in [0.15, 0.2) is 12.3 Å². The maximum Gasteiger partial charge on any atom is 0.289 e. The summed E-state index contributed by atoms with van der Waals surface area (Å²) in [7, 11) is 0. The molecule has 0 atom stereocenters. The second-order valence-electron chi connectivity index (χ2n) is 2.86. The van der Waals surface area contributed by atoms with E-state index in [0.29, 0.717) is 11.2 Å². The Bertz CT molecular complexity index is 491. The Labute approximate surface area is 79.1 Å². The summed E-state index contributed by atoms with van der Waals surface area (Å²) in [4.78, 5) is 21.0. The van der Waals surface area contributed by atoms with Crippen LogP contribution in [-0.4, -0.2) is 19.9 Å². The molecule has 0 saturated heterocycles. The summed E-state index contributed by atoms with van der Waals surface area (Å²) in [6, 6.07) is 1.44. The molecule has 2 aromatic rings. The van der Waals surface area contributed by atoms with Gasteiger partial charge in [0.1, 0.15) is 12.0 Å². The van der Waals surface area contributed by atoms with Crippen molar-refractivity contribution in [2.45, 2.75) is 13.3 Å². The Hall–Kier alpha value is -1.98. The van der Waals surface area contributed by atoms with E-state index in [1.165, 1.54) is 12.3 Å². The predicted molar refractivity (Wildman–Crippen MR) is 49.9 cm³/mol. The van der Waals surface area contributed by atoms with Gasteiger partial charge in [0.2, 0.25) is 0 Å². The van der Waals surface area contributed by atoms with Crippen LogP contribution >= 0.6 is 0 Å². The van der Waals surface area contributed by atoms with E-state index < -0.39 is 4.92 Å². The largest absolute Gasteiger partial charge is 0.340 e. The first kappa shape index (κ1) is 8.61. The van der Waals surface area contributed by atoms with Crippen molar-refractivity contribution in [2.24, 2.45) is 0 Å². The van der Waals surface area contributed by atoms with E-state index in [4.69, 9.17) is 0 Å². The number of nitro groups is 1. The molecule has 2 rings (SSSR count). The summed E-state index contributed by atoms with van der Waals surface area (Å²) < 4.78 is 0. The van der Waals surface area contributed by atoms with Crippen LogP contribution in [0.1, 0.15) is 12.7 Å². The molecule has 0 fully saturated rings. The van der Waals surface area contributed by atoms with Crippen LogP contribution in [-0.2, 0) is 6.42 Å². The van der Waals surface area contributed by atoms with Gasteiger partial charge in [-0.1, -0.05) is 6.92 Å². The predicted octanol–water partition coefficient (Wildman–Crippen LogP) is 1.43. The van der Waals surface area contributed by atoms with Crippen LogP contribution < -0.4 is 0 Å². The maximum absolute atomic E-state index is 10.5. The van der Waals surface area contributed by atoms with Crippen LogP contribution in [0.25, 0.3) is 11.2 Å². The summed E-state index contributed by atoms with van der Waals surface area (Å²) in [6.07, 6.45) is 1.97. The second-order valence-corrected chi connectivity index (χ2v) is 2.86. The number of H-pyrrole nitrogens is 1. The lowest BCUT2D eigenvalue weighted by atomic mass is 10.4. The molecule has 6 heteroatoms. The number of rotatable bonds is 2. The van der Waals surface area contributed by atoms with Gasteiger partial charge in [0.15, 0.2) is 5.65 Å². The smallest absolute Gasteiger partial charge is 0.289 e. The number of fused-ring (bicyclic) bond motifs is 1. The number of imidazole rings is 1. The highest BCUT2D eigenvalue weighted by Crippen LogP contribution is 2.16.